The number of carbonyl (C=O) groups excluding carboxylic acids is 1. The van der Waals surface area contributed by atoms with Gasteiger partial charge in [0.05, 0.1) is 19.2 Å². The van der Waals surface area contributed by atoms with Gasteiger partial charge in [-0.05, 0) is 80.1 Å². The van der Waals surface area contributed by atoms with Crippen LogP contribution in [0.25, 0.3) is 6.08 Å². The lowest BCUT2D eigenvalue weighted by atomic mass is 9.53. The zero-order valence-electron chi connectivity index (χ0n) is 15.4. The Balaban J connectivity index is 1.46. The predicted octanol–water partition coefficient (Wildman–Crippen LogP) is 4.46. The highest BCUT2D eigenvalue weighted by Gasteiger charge is 2.51. The van der Waals surface area contributed by atoms with Crippen molar-refractivity contribution in [3.8, 4) is 11.5 Å². The minimum Gasteiger partial charge on any atom is -0.493 e. The highest BCUT2D eigenvalue weighted by atomic mass is 35.5. The van der Waals surface area contributed by atoms with Gasteiger partial charge in [0.1, 0.15) is 0 Å². The maximum atomic E-state index is 12.6. The molecule has 4 fully saturated rings. The molecule has 4 aliphatic carbocycles. The van der Waals surface area contributed by atoms with Crippen molar-refractivity contribution in [1.82, 2.24) is 5.32 Å². The monoisotopic (exact) mass is 375 g/mol. The molecule has 4 aliphatic rings. The lowest BCUT2D eigenvalue weighted by molar-refractivity contribution is -0.122. The summed E-state index contributed by atoms with van der Waals surface area (Å²) in [6, 6.07) is 3.59. The SMILES string of the molecule is COc1cc(/C=C/C(=O)NC23CC4CC(CC(C4)C2)C3)cc(Cl)c1OC. The summed E-state index contributed by atoms with van der Waals surface area (Å²) < 4.78 is 10.6. The molecule has 4 bridgehead atoms. The molecule has 0 atom stereocenters. The third kappa shape index (κ3) is 3.32. The number of nitrogens with one attached hydrogen (secondary N) is 1. The molecular formula is C21H26ClNO3. The van der Waals surface area contributed by atoms with Crippen molar-refractivity contribution in [3.63, 3.8) is 0 Å². The van der Waals surface area contributed by atoms with Crippen LogP contribution in [-0.4, -0.2) is 25.7 Å². The molecule has 1 amide bonds. The van der Waals surface area contributed by atoms with E-state index in [0.717, 1.165) is 42.6 Å². The highest BCUT2D eigenvalue weighted by molar-refractivity contribution is 6.32. The number of halogens is 1. The van der Waals surface area contributed by atoms with Gasteiger partial charge in [0.2, 0.25) is 5.91 Å². The standard InChI is InChI=1S/C21H26ClNO3/c1-25-18-9-13(8-17(22)20(18)26-2)3-4-19(24)23-21-10-14-5-15(11-21)7-16(6-14)12-21/h3-4,8-9,14-16H,5-7,10-12H2,1-2H3,(H,23,24)/b4-3+. The predicted molar refractivity (Wildman–Crippen MR) is 103 cm³/mol. The van der Waals surface area contributed by atoms with Crippen LogP contribution in [0.2, 0.25) is 5.02 Å². The Morgan fingerprint density at radius 1 is 1.12 bits per heavy atom. The van der Waals surface area contributed by atoms with E-state index in [1.165, 1.54) is 19.3 Å². The molecule has 4 saturated carbocycles. The molecule has 0 saturated heterocycles. The smallest absolute Gasteiger partial charge is 0.244 e. The number of hydrogen-bond acceptors (Lipinski definition) is 3. The van der Waals surface area contributed by atoms with E-state index < -0.39 is 0 Å². The van der Waals surface area contributed by atoms with E-state index in [0.29, 0.717) is 16.5 Å². The van der Waals surface area contributed by atoms with Crippen molar-refractivity contribution < 1.29 is 14.3 Å². The van der Waals surface area contributed by atoms with Gasteiger partial charge in [-0.15, -0.1) is 0 Å². The van der Waals surface area contributed by atoms with Crippen LogP contribution in [0.4, 0.5) is 0 Å². The molecule has 4 nitrogen and oxygen atoms in total. The van der Waals surface area contributed by atoms with Crippen LogP contribution in [0, 0.1) is 17.8 Å². The van der Waals surface area contributed by atoms with Crippen LogP contribution in [-0.2, 0) is 4.79 Å². The number of hydrogen-bond donors (Lipinski definition) is 1. The fourth-order valence-electron chi connectivity index (χ4n) is 5.77. The van der Waals surface area contributed by atoms with Crippen LogP contribution in [0.15, 0.2) is 18.2 Å². The Bertz CT molecular complexity index is 708. The first-order valence-corrected chi connectivity index (χ1v) is 9.80. The summed E-state index contributed by atoms with van der Waals surface area (Å²) in [6.45, 7) is 0. The minimum absolute atomic E-state index is 0.0159. The lowest BCUT2D eigenvalue weighted by Gasteiger charge is -2.56. The van der Waals surface area contributed by atoms with Gasteiger partial charge in [-0.3, -0.25) is 4.79 Å². The second-order valence-corrected chi connectivity index (χ2v) is 8.67. The van der Waals surface area contributed by atoms with Crippen molar-refractivity contribution in [2.24, 2.45) is 17.8 Å². The van der Waals surface area contributed by atoms with E-state index in [1.54, 1.807) is 32.4 Å². The fourth-order valence-corrected chi connectivity index (χ4v) is 6.07. The molecule has 26 heavy (non-hydrogen) atoms. The number of benzene rings is 1. The number of ether oxygens (including phenoxy) is 2. The van der Waals surface area contributed by atoms with Crippen LogP contribution >= 0.6 is 11.6 Å². The summed E-state index contributed by atoms with van der Waals surface area (Å²) in [6.07, 6.45) is 11.0. The van der Waals surface area contributed by atoms with Crippen molar-refractivity contribution >= 4 is 23.6 Å². The molecule has 0 spiro atoms. The van der Waals surface area contributed by atoms with E-state index in [-0.39, 0.29) is 11.4 Å². The third-order valence-electron chi connectivity index (χ3n) is 6.31. The Kier molecular flexibility index (Phi) is 4.64. The zero-order chi connectivity index (χ0) is 18.3. The van der Waals surface area contributed by atoms with Gasteiger partial charge in [0, 0.05) is 11.6 Å². The minimum atomic E-state index is -0.0159. The first kappa shape index (κ1) is 17.7. The molecule has 1 aromatic carbocycles. The van der Waals surface area contributed by atoms with Crippen molar-refractivity contribution in [2.45, 2.75) is 44.1 Å². The molecule has 0 aromatic heterocycles. The summed E-state index contributed by atoms with van der Waals surface area (Å²) in [5, 5.41) is 3.81. The van der Waals surface area contributed by atoms with E-state index in [1.807, 2.05) is 6.07 Å². The summed E-state index contributed by atoms with van der Waals surface area (Å²) in [5.74, 6) is 3.49. The van der Waals surface area contributed by atoms with Gasteiger partial charge in [-0.25, -0.2) is 0 Å². The summed E-state index contributed by atoms with van der Waals surface area (Å²) in [4.78, 5) is 12.6. The van der Waals surface area contributed by atoms with Crippen molar-refractivity contribution in [2.75, 3.05) is 14.2 Å². The first-order chi connectivity index (χ1) is 12.5. The molecule has 1 aromatic rings. The van der Waals surface area contributed by atoms with Gasteiger partial charge in [-0.1, -0.05) is 11.6 Å². The van der Waals surface area contributed by atoms with Crippen LogP contribution in [0.3, 0.4) is 0 Å². The molecular weight excluding hydrogens is 350 g/mol. The molecule has 0 unspecified atom stereocenters. The van der Waals surface area contributed by atoms with E-state index >= 15 is 0 Å². The lowest BCUT2D eigenvalue weighted by Crippen LogP contribution is -2.59. The van der Waals surface area contributed by atoms with Gasteiger partial charge in [-0.2, -0.15) is 0 Å². The quantitative estimate of drug-likeness (QED) is 0.773. The number of amides is 1. The Labute approximate surface area is 159 Å². The third-order valence-corrected chi connectivity index (χ3v) is 6.59. The normalized spacial score (nSPS) is 32.0. The molecule has 0 heterocycles. The molecule has 5 rings (SSSR count). The van der Waals surface area contributed by atoms with Crippen LogP contribution < -0.4 is 14.8 Å². The molecule has 0 aliphatic heterocycles. The van der Waals surface area contributed by atoms with E-state index in [2.05, 4.69) is 5.32 Å². The average molecular weight is 376 g/mol. The summed E-state index contributed by atoms with van der Waals surface area (Å²) in [5.41, 5.74) is 0.846. The van der Waals surface area contributed by atoms with Gasteiger partial charge < -0.3 is 14.8 Å². The molecule has 0 radical (unpaired) electrons. The van der Waals surface area contributed by atoms with Crippen LogP contribution in [0.5, 0.6) is 11.5 Å². The summed E-state index contributed by atoms with van der Waals surface area (Å²) >= 11 is 6.23. The number of methoxy groups -OCH3 is 2. The van der Waals surface area contributed by atoms with Crippen molar-refractivity contribution in [1.29, 1.82) is 0 Å². The second-order valence-electron chi connectivity index (χ2n) is 8.26. The molecule has 1 N–H and O–H groups in total. The summed E-state index contributed by atoms with van der Waals surface area (Å²) in [7, 11) is 3.12. The maximum absolute atomic E-state index is 12.6. The Morgan fingerprint density at radius 2 is 1.73 bits per heavy atom. The van der Waals surface area contributed by atoms with Crippen molar-refractivity contribution in [3.05, 3.63) is 28.8 Å². The average Bonchev–Trinajstić information content (AvgIpc) is 2.57. The van der Waals surface area contributed by atoms with Gasteiger partial charge in [0.15, 0.2) is 11.5 Å². The van der Waals surface area contributed by atoms with E-state index in [9.17, 15) is 4.79 Å². The Hall–Kier alpha value is -1.68. The maximum Gasteiger partial charge on any atom is 0.244 e. The van der Waals surface area contributed by atoms with E-state index in [4.69, 9.17) is 21.1 Å². The topological polar surface area (TPSA) is 47.6 Å². The number of rotatable bonds is 5. The Morgan fingerprint density at radius 3 is 2.27 bits per heavy atom. The van der Waals surface area contributed by atoms with Gasteiger partial charge >= 0.3 is 0 Å². The van der Waals surface area contributed by atoms with Gasteiger partial charge in [0.25, 0.3) is 0 Å². The largest absolute Gasteiger partial charge is 0.493 e. The molecule has 140 valence electrons. The molecule has 5 heteroatoms. The first-order valence-electron chi connectivity index (χ1n) is 9.42. The van der Waals surface area contributed by atoms with Crippen LogP contribution in [0.1, 0.15) is 44.1 Å². The fraction of sp³-hybridized carbons (Fsp3) is 0.571. The zero-order valence-corrected chi connectivity index (χ0v) is 16.1. The highest BCUT2D eigenvalue weighted by Crippen LogP contribution is 2.55. The second kappa shape index (κ2) is 6.80. The number of carbonyl (C=O) groups is 1.